The molecule has 116 valence electrons. The Labute approximate surface area is 123 Å². The van der Waals surface area contributed by atoms with Gasteiger partial charge in [-0.25, -0.2) is 12.8 Å². The number of ether oxygens (including phenoxy) is 2. The zero-order valence-electron chi connectivity index (χ0n) is 11.8. The minimum atomic E-state index is -3.68. The SMILES string of the molecule is Cc1ccc(F)cc1S(=O)(=O)N1CCC2(CC1)OCCO2. The number of halogens is 1. The van der Waals surface area contributed by atoms with Crippen molar-refractivity contribution in [2.24, 2.45) is 0 Å². The van der Waals surface area contributed by atoms with Crippen LogP contribution in [0.4, 0.5) is 4.39 Å². The Morgan fingerprint density at radius 2 is 1.81 bits per heavy atom. The molecule has 21 heavy (non-hydrogen) atoms. The summed E-state index contributed by atoms with van der Waals surface area (Å²) in [6.45, 7) is 3.41. The Morgan fingerprint density at radius 3 is 2.43 bits per heavy atom. The van der Waals surface area contributed by atoms with Gasteiger partial charge in [0.15, 0.2) is 5.79 Å². The van der Waals surface area contributed by atoms with Crippen LogP contribution in [0.2, 0.25) is 0 Å². The Kier molecular flexibility index (Phi) is 3.77. The van der Waals surface area contributed by atoms with E-state index in [0.29, 0.717) is 44.7 Å². The molecule has 1 aromatic carbocycles. The smallest absolute Gasteiger partial charge is 0.243 e. The first-order valence-electron chi connectivity index (χ1n) is 6.97. The van der Waals surface area contributed by atoms with Crippen molar-refractivity contribution < 1.29 is 22.3 Å². The van der Waals surface area contributed by atoms with Crippen molar-refractivity contribution in [3.63, 3.8) is 0 Å². The van der Waals surface area contributed by atoms with E-state index in [0.717, 1.165) is 6.07 Å². The molecule has 3 rings (SSSR count). The second-order valence-corrected chi connectivity index (χ2v) is 7.33. The molecule has 0 aromatic heterocycles. The molecule has 1 spiro atoms. The van der Waals surface area contributed by atoms with Gasteiger partial charge in [-0.05, 0) is 24.6 Å². The molecule has 0 aliphatic carbocycles. The van der Waals surface area contributed by atoms with Gasteiger partial charge in [-0.15, -0.1) is 0 Å². The lowest BCUT2D eigenvalue weighted by Crippen LogP contribution is -2.47. The van der Waals surface area contributed by atoms with Gasteiger partial charge in [-0.1, -0.05) is 6.07 Å². The molecule has 0 radical (unpaired) electrons. The van der Waals surface area contributed by atoms with E-state index in [1.807, 2.05) is 0 Å². The Hall–Kier alpha value is -1.02. The minimum Gasteiger partial charge on any atom is -0.347 e. The van der Waals surface area contributed by atoms with Crippen molar-refractivity contribution in [2.75, 3.05) is 26.3 Å². The fourth-order valence-electron chi connectivity index (χ4n) is 2.84. The van der Waals surface area contributed by atoms with Crippen LogP contribution < -0.4 is 0 Å². The van der Waals surface area contributed by atoms with Gasteiger partial charge in [0.05, 0.1) is 18.1 Å². The van der Waals surface area contributed by atoms with E-state index in [4.69, 9.17) is 9.47 Å². The number of hydrogen-bond acceptors (Lipinski definition) is 4. The highest BCUT2D eigenvalue weighted by Gasteiger charge is 2.42. The summed E-state index contributed by atoms with van der Waals surface area (Å²) in [5, 5.41) is 0. The third-order valence-electron chi connectivity index (χ3n) is 4.07. The molecule has 7 heteroatoms. The van der Waals surface area contributed by atoms with Crippen LogP contribution in [0.3, 0.4) is 0 Å². The lowest BCUT2D eigenvalue weighted by Gasteiger charge is -2.37. The normalized spacial score (nSPS) is 22.8. The van der Waals surface area contributed by atoms with E-state index in [2.05, 4.69) is 0 Å². The topological polar surface area (TPSA) is 55.8 Å². The summed E-state index contributed by atoms with van der Waals surface area (Å²) < 4.78 is 51.2. The molecule has 0 N–H and O–H groups in total. The van der Waals surface area contributed by atoms with Crippen LogP contribution in [0.15, 0.2) is 23.1 Å². The lowest BCUT2D eigenvalue weighted by molar-refractivity contribution is -0.179. The maximum Gasteiger partial charge on any atom is 0.243 e. The largest absolute Gasteiger partial charge is 0.347 e. The third-order valence-corrected chi connectivity index (χ3v) is 6.11. The first kappa shape index (κ1) is 14.9. The third kappa shape index (κ3) is 2.70. The van der Waals surface area contributed by atoms with Crippen molar-refractivity contribution >= 4 is 10.0 Å². The number of sulfonamides is 1. The molecular formula is C14H18FNO4S. The van der Waals surface area contributed by atoms with E-state index < -0.39 is 21.6 Å². The summed E-state index contributed by atoms with van der Waals surface area (Å²) in [6.07, 6.45) is 1.00. The van der Waals surface area contributed by atoms with Gasteiger partial charge in [0.2, 0.25) is 10.0 Å². The van der Waals surface area contributed by atoms with Crippen LogP contribution in [0.25, 0.3) is 0 Å². The summed E-state index contributed by atoms with van der Waals surface area (Å²) in [7, 11) is -3.68. The van der Waals surface area contributed by atoms with Crippen molar-refractivity contribution in [3.05, 3.63) is 29.6 Å². The number of nitrogens with zero attached hydrogens (tertiary/aromatic N) is 1. The average molecular weight is 315 g/mol. The Morgan fingerprint density at radius 1 is 1.19 bits per heavy atom. The number of benzene rings is 1. The van der Waals surface area contributed by atoms with Crippen molar-refractivity contribution in [1.82, 2.24) is 4.31 Å². The van der Waals surface area contributed by atoms with E-state index in [1.54, 1.807) is 6.92 Å². The number of rotatable bonds is 2. The van der Waals surface area contributed by atoms with Crippen molar-refractivity contribution in [3.8, 4) is 0 Å². The average Bonchev–Trinajstić information content (AvgIpc) is 2.90. The Balaban J connectivity index is 1.82. The highest BCUT2D eigenvalue weighted by molar-refractivity contribution is 7.89. The first-order chi connectivity index (χ1) is 9.93. The summed E-state index contributed by atoms with van der Waals surface area (Å²) in [5.41, 5.74) is 0.546. The van der Waals surface area contributed by atoms with E-state index >= 15 is 0 Å². The van der Waals surface area contributed by atoms with Gasteiger partial charge < -0.3 is 9.47 Å². The van der Waals surface area contributed by atoms with Crippen LogP contribution in [0.5, 0.6) is 0 Å². The molecule has 2 fully saturated rings. The highest BCUT2D eigenvalue weighted by Crippen LogP contribution is 2.33. The number of aryl methyl sites for hydroxylation is 1. The predicted molar refractivity (Wildman–Crippen MR) is 73.8 cm³/mol. The van der Waals surface area contributed by atoms with Gasteiger partial charge in [0.25, 0.3) is 0 Å². The second-order valence-electron chi connectivity index (χ2n) is 5.42. The second kappa shape index (κ2) is 5.31. The first-order valence-corrected chi connectivity index (χ1v) is 8.41. The van der Waals surface area contributed by atoms with Crippen LogP contribution in [0.1, 0.15) is 18.4 Å². The summed E-state index contributed by atoms with van der Waals surface area (Å²) in [5.74, 6) is -1.17. The summed E-state index contributed by atoms with van der Waals surface area (Å²) in [6, 6.07) is 3.83. The summed E-state index contributed by atoms with van der Waals surface area (Å²) in [4.78, 5) is 0.0340. The molecular weight excluding hydrogens is 297 g/mol. The van der Waals surface area contributed by atoms with Crippen LogP contribution in [0, 0.1) is 12.7 Å². The number of piperidine rings is 1. The lowest BCUT2D eigenvalue weighted by atomic mass is 10.1. The van der Waals surface area contributed by atoms with E-state index in [-0.39, 0.29) is 4.90 Å². The van der Waals surface area contributed by atoms with E-state index in [1.165, 1.54) is 16.4 Å². The van der Waals surface area contributed by atoms with E-state index in [9.17, 15) is 12.8 Å². The van der Waals surface area contributed by atoms with Crippen molar-refractivity contribution in [2.45, 2.75) is 30.4 Å². The van der Waals surface area contributed by atoms with Gasteiger partial charge in [0.1, 0.15) is 5.82 Å². The standard InChI is InChI=1S/C14H18FNO4S/c1-11-2-3-12(15)10-13(11)21(17,18)16-6-4-14(5-7-16)19-8-9-20-14/h2-3,10H,4-9H2,1H3. The molecule has 0 bridgehead atoms. The quantitative estimate of drug-likeness (QED) is 0.833. The van der Waals surface area contributed by atoms with Gasteiger partial charge >= 0.3 is 0 Å². The molecule has 0 atom stereocenters. The fourth-order valence-corrected chi connectivity index (χ4v) is 4.52. The molecule has 0 unspecified atom stereocenters. The molecule has 1 aromatic rings. The van der Waals surface area contributed by atoms with Crippen LogP contribution in [-0.4, -0.2) is 44.8 Å². The molecule has 2 heterocycles. The highest BCUT2D eigenvalue weighted by atomic mass is 32.2. The Bertz CT molecular complexity index is 630. The number of hydrogen-bond donors (Lipinski definition) is 0. The van der Waals surface area contributed by atoms with Gasteiger partial charge in [-0.2, -0.15) is 4.31 Å². The molecule has 2 saturated heterocycles. The molecule has 0 amide bonds. The molecule has 2 aliphatic heterocycles. The molecule has 5 nitrogen and oxygen atoms in total. The maximum absolute atomic E-state index is 13.4. The predicted octanol–water partition coefficient (Wildman–Crippen LogP) is 1.66. The minimum absolute atomic E-state index is 0.0340. The maximum atomic E-state index is 13.4. The zero-order chi connectivity index (χ0) is 15.1. The van der Waals surface area contributed by atoms with Crippen molar-refractivity contribution in [1.29, 1.82) is 0 Å². The monoisotopic (exact) mass is 315 g/mol. The molecule has 0 saturated carbocycles. The van der Waals surface area contributed by atoms with Crippen LogP contribution in [-0.2, 0) is 19.5 Å². The zero-order valence-corrected chi connectivity index (χ0v) is 12.7. The van der Waals surface area contributed by atoms with Crippen LogP contribution >= 0.6 is 0 Å². The summed E-state index contributed by atoms with van der Waals surface area (Å²) >= 11 is 0. The van der Waals surface area contributed by atoms with Gasteiger partial charge in [-0.3, -0.25) is 0 Å². The molecule has 2 aliphatic rings. The fraction of sp³-hybridized carbons (Fsp3) is 0.571. The van der Waals surface area contributed by atoms with Gasteiger partial charge in [0, 0.05) is 25.9 Å².